The molecule has 0 bridgehead atoms. The van der Waals surface area contributed by atoms with Gasteiger partial charge in [-0.3, -0.25) is 14.5 Å². The Labute approximate surface area is 133 Å². The molecule has 3 aromatic rings. The minimum atomic E-state index is -0.816. The number of carboxylic acids is 1. The first-order valence-electron chi connectivity index (χ1n) is 7.42. The molecule has 118 valence electrons. The van der Waals surface area contributed by atoms with Crippen LogP contribution in [0.5, 0.6) is 0 Å². The van der Waals surface area contributed by atoms with Crippen molar-refractivity contribution < 1.29 is 9.90 Å². The van der Waals surface area contributed by atoms with E-state index in [1.54, 1.807) is 23.3 Å². The lowest BCUT2D eigenvalue weighted by atomic mass is 9.94. The summed E-state index contributed by atoms with van der Waals surface area (Å²) in [5, 5.41) is 14.3. The van der Waals surface area contributed by atoms with Crippen LogP contribution in [-0.4, -0.2) is 30.8 Å². The van der Waals surface area contributed by atoms with E-state index in [0.717, 1.165) is 39.0 Å². The molecule has 0 aliphatic rings. The SMILES string of the molecule is Cc1cncc(-c2c(CCC(=O)O)c(C)nc3c2cnn3C)c1. The summed E-state index contributed by atoms with van der Waals surface area (Å²) in [7, 11) is 1.85. The number of rotatable bonds is 4. The number of aliphatic carboxylic acids is 1. The molecule has 0 aliphatic heterocycles. The number of hydrogen-bond donors (Lipinski definition) is 1. The summed E-state index contributed by atoms with van der Waals surface area (Å²) in [5.41, 5.74) is 5.57. The Bertz CT molecular complexity index is 899. The lowest BCUT2D eigenvalue weighted by Gasteiger charge is -2.14. The van der Waals surface area contributed by atoms with E-state index in [1.165, 1.54) is 0 Å². The lowest BCUT2D eigenvalue weighted by Crippen LogP contribution is -2.04. The molecule has 0 atom stereocenters. The van der Waals surface area contributed by atoms with E-state index in [4.69, 9.17) is 5.11 Å². The van der Waals surface area contributed by atoms with Crippen molar-refractivity contribution in [2.45, 2.75) is 26.7 Å². The van der Waals surface area contributed by atoms with Gasteiger partial charge in [-0.15, -0.1) is 0 Å². The van der Waals surface area contributed by atoms with Gasteiger partial charge in [0, 0.05) is 48.1 Å². The van der Waals surface area contributed by atoms with Crippen LogP contribution in [0.1, 0.15) is 23.2 Å². The smallest absolute Gasteiger partial charge is 0.303 e. The fourth-order valence-corrected chi connectivity index (χ4v) is 2.87. The van der Waals surface area contributed by atoms with E-state index >= 15 is 0 Å². The van der Waals surface area contributed by atoms with Crippen LogP contribution < -0.4 is 0 Å². The standard InChI is InChI=1S/C17H18N4O2/c1-10-6-12(8-18-7-10)16-13(4-5-15(22)23)11(2)20-17-14(16)9-19-21(17)3/h6-9H,4-5H2,1-3H3,(H,22,23). The molecule has 0 saturated heterocycles. The molecule has 6 nitrogen and oxygen atoms in total. The first-order valence-corrected chi connectivity index (χ1v) is 7.42. The normalized spacial score (nSPS) is 11.1. The van der Waals surface area contributed by atoms with Gasteiger partial charge in [0.2, 0.25) is 0 Å². The number of hydrogen-bond acceptors (Lipinski definition) is 4. The topological polar surface area (TPSA) is 80.9 Å². The van der Waals surface area contributed by atoms with E-state index in [-0.39, 0.29) is 6.42 Å². The summed E-state index contributed by atoms with van der Waals surface area (Å²) < 4.78 is 1.73. The molecule has 1 N–H and O–H groups in total. The van der Waals surface area contributed by atoms with E-state index in [9.17, 15) is 4.79 Å². The monoisotopic (exact) mass is 310 g/mol. The number of carbonyl (C=O) groups is 1. The lowest BCUT2D eigenvalue weighted by molar-refractivity contribution is -0.136. The largest absolute Gasteiger partial charge is 0.481 e. The highest BCUT2D eigenvalue weighted by atomic mass is 16.4. The van der Waals surface area contributed by atoms with Crippen LogP contribution in [0.2, 0.25) is 0 Å². The highest BCUT2D eigenvalue weighted by molar-refractivity contribution is 5.95. The number of aromatic nitrogens is 4. The van der Waals surface area contributed by atoms with E-state index in [0.29, 0.717) is 6.42 Å². The van der Waals surface area contributed by atoms with E-state index in [2.05, 4.69) is 21.1 Å². The van der Waals surface area contributed by atoms with Crippen molar-refractivity contribution >= 4 is 17.0 Å². The van der Waals surface area contributed by atoms with Crippen LogP contribution in [0.25, 0.3) is 22.2 Å². The van der Waals surface area contributed by atoms with Crippen molar-refractivity contribution in [1.82, 2.24) is 19.7 Å². The van der Waals surface area contributed by atoms with Gasteiger partial charge in [-0.05, 0) is 37.5 Å². The second-order valence-electron chi connectivity index (χ2n) is 5.70. The predicted octanol–water partition coefficient (Wildman–Crippen LogP) is 2.66. The maximum absolute atomic E-state index is 11.0. The summed E-state index contributed by atoms with van der Waals surface area (Å²) in [4.78, 5) is 19.9. The molecule has 0 unspecified atom stereocenters. The molecule has 0 amide bonds. The minimum absolute atomic E-state index is 0.0700. The molecule has 0 radical (unpaired) electrons. The van der Waals surface area contributed by atoms with Gasteiger partial charge < -0.3 is 5.11 Å². The Hall–Kier alpha value is -2.76. The van der Waals surface area contributed by atoms with Crippen molar-refractivity contribution in [1.29, 1.82) is 0 Å². The van der Waals surface area contributed by atoms with Crippen molar-refractivity contribution in [3.63, 3.8) is 0 Å². The van der Waals surface area contributed by atoms with Crippen molar-refractivity contribution in [2.24, 2.45) is 7.05 Å². The Morgan fingerprint density at radius 1 is 1.26 bits per heavy atom. The van der Waals surface area contributed by atoms with Gasteiger partial charge in [0.15, 0.2) is 5.65 Å². The number of nitrogens with zero attached hydrogens (tertiary/aromatic N) is 4. The number of carboxylic acid groups (broad SMARTS) is 1. The zero-order chi connectivity index (χ0) is 16.6. The molecule has 0 spiro atoms. The van der Waals surface area contributed by atoms with Gasteiger partial charge in [0.1, 0.15) is 0 Å². The zero-order valence-electron chi connectivity index (χ0n) is 13.4. The highest BCUT2D eigenvalue weighted by Gasteiger charge is 2.18. The van der Waals surface area contributed by atoms with E-state index < -0.39 is 5.97 Å². The van der Waals surface area contributed by atoms with Crippen molar-refractivity contribution in [2.75, 3.05) is 0 Å². The van der Waals surface area contributed by atoms with Crippen LogP contribution in [0.15, 0.2) is 24.7 Å². The van der Waals surface area contributed by atoms with Gasteiger partial charge in [-0.2, -0.15) is 5.10 Å². The van der Waals surface area contributed by atoms with Gasteiger partial charge in [0.05, 0.1) is 6.20 Å². The molecule has 3 rings (SSSR count). The molecule has 0 saturated carbocycles. The third-order valence-corrected chi connectivity index (χ3v) is 3.94. The fourth-order valence-electron chi connectivity index (χ4n) is 2.87. The van der Waals surface area contributed by atoms with Crippen LogP contribution in [0.4, 0.5) is 0 Å². The molecule has 0 aromatic carbocycles. The fraction of sp³-hybridized carbons (Fsp3) is 0.294. The minimum Gasteiger partial charge on any atom is -0.481 e. The predicted molar refractivity (Wildman–Crippen MR) is 87.2 cm³/mol. The molecular weight excluding hydrogens is 292 g/mol. The average Bonchev–Trinajstić information content (AvgIpc) is 2.85. The Balaban J connectivity index is 2.30. The molecular formula is C17H18N4O2. The van der Waals surface area contributed by atoms with Gasteiger partial charge in [-0.25, -0.2) is 4.98 Å². The Kier molecular flexibility index (Phi) is 3.82. The first-order chi connectivity index (χ1) is 11.0. The van der Waals surface area contributed by atoms with Gasteiger partial charge >= 0.3 is 5.97 Å². The summed E-state index contributed by atoms with van der Waals surface area (Å²) in [6.45, 7) is 3.90. The molecule has 6 heteroatoms. The van der Waals surface area contributed by atoms with Gasteiger partial charge in [0.25, 0.3) is 0 Å². The summed E-state index contributed by atoms with van der Waals surface area (Å²) in [6, 6.07) is 2.05. The van der Waals surface area contributed by atoms with Crippen LogP contribution in [0.3, 0.4) is 0 Å². The average molecular weight is 310 g/mol. The summed E-state index contributed by atoms with van der Waals surface area (Å²) in [6.07, 6.45) is 5.89. The second kappa shape index (κ2) is 5.79. The summed E-state index contributed by atoms with van der Waals surface area (Å²) in [5.74, 6) is -0.816. The van der Waals surface area contributed by atoms with E-state index in [1.807, 2.05) is 20.9 Å². The number of pyridine rings is 2. The van der Waals surface area contributed by atoms with Crippen LogP contribution >= 0.6 is 0 Å². The number of aryl methyl sites for hydroxylation is 3. The first kappa shape index (κ1) is 15.1. The highest BCUT2D eigenvalue weighted by Crippen LogP contribution is 2.33. The zero-order valence-corrected chi connectivity index (χ0v) is 13.4. The molecule has 3 aromatic heterocycles. The third kappa shape index (κ3) is 2.79. The molecule has 0 fully saturated rings. The Morgan fingerprint density at radius 3 is 2.74 bits per heavy atom. The van der Waals surface area contributed by atoms with Crippen LogP contribution in [-0.2, 0) is 18.3 Å². The van der Waals surface area contributed by atoms with Crippen molar-refractivity contribution in [3.8, 4) is 11.1 Å². The molecule has 0 aliphatic carbocycles. The summed E-state index contributed by atoms with van der Waals surface area (Å²) >= 11 is 0. The maximum atomic E-state index is 11.0. The maximum Gasteiger partial charge on any atom is 0.303 e. The van der Waals surface area contributed by atoms with Gasteiger partial charge in [-0.1, -0.05) is 0 Å². The van der Waals surface area contributed by atoms with Crippen molar-refractivity contribution in [3.05, 3.63) is 41.5 Å². The molecule has 23 heavy (non-hydrogen) atoms. The number of fused-ring (bicyclic) bond motifs is 1. The van der Waals surface area contributed by atoms with Crippen LogP contribution in [0, 0.1) is 13.8 Å². The quantitative estimate of drug-likeness (QED) is 0.801. The third-order valence-electron chi connectivity index (χ3n) is 3.94. The Morgan fingerprint density at radius 2 is 2.04 bits per heavy atom. The second-order valence-corrected chi connectivity index (χ2v) is 5.70. The molecule has 3 heterocycles.